The minimum Gasteiger partial charge on any atom is -0.367 e. The van der Waals surface area contributed by atoms with Gasteiger partial charge in [-0.1, -0.05) is 18.2 Å². The summed E-state index contributed by atoms with van der Waals surface area (Å²) in [5, 5.41) is 3.23. The highest BCUT2D eigenvalue weighted by atomic mass is 15.2. The van der Waals surface area contributed by atoms with Crippen molar-refractivity contribution in [3.8, 4) is 0 Å². The maximum atomic E-state index is 3.23. The first-order chi connectivity index (χ1) is 6.83. The predicted octanol–water partition coefficient (Wildman–Crippen LogP) is 1.66. The first-order valence-electron chi connectivity index (χ1n) is 5.32. The number of benzene rings is 1. The molecule has 1 aliphatic rings. The van der Waals surface area contributed by atoms with Crippen molar-refractivity contribution < 1.29 is 0 Å². The molecule has 1 unspecified atom stereocenters. The van der Waals surface area contributed by atoms with Crippen molar-refractivity contribution in [3.05, 3.63) is 29.8 Å². The second-order valence-corrected chi connectivity index (χ2v) is 3.98. The fraction of sp³-hybridized carbons (Fsp3) is 0.500. The van der Waals surface area contributed by atoms with E-state index in [9.17, 15) is 0 Å². The van der Waals surface area contributed by atoms with Crippen LogP contribution in [0.2, 0.25) is 0 Å². The summed E-state index contributed by atoms with van der Waals surface area (Å²) in [6.07, 6.45) is 1.20. The van der Waals surface area contributed by atoms with E-state index in [-0.39, 0.29) is 0 Å². The normalized spacial score (nSPS) is 16.9. The summed E-state index contributed by atoms with van der Waals surface area (Å²) >= 11 is 0. The molecule has 1 aromatic carbocycles. The van der Waals surface area contributed by atoms with Crippen LogP contribution in [0.25, 0.3) is 0 Å². The molecule has 1 heterocycles. The van der Waals surface area contributed by atoms with Gasteiger partial charge in [-0.05, 0) is 32.0 Å². The lowest BCUT2D eigenvalue weighted by atomic mass is 10.2. The summed E-state index contributed by atoms with van der Waals surface area (Å²) in [5.41, 5.74) is 2.92. The molecule has 1 aliphatic heterocycles. The molecule has 14 heavy (non-hydrogen) atoms. The average Bonchev–Trinajstić information content (AvgIpc) is 2.61. The topological polar surface area (TPSA) is 15.3 Å². The minimum atomic E-state index is 0.587. The van der Waals surface area contributed by atoms with E-state index in [4.69, 9.17) is 0 Å². The Kier molecular flexibility index (Phi) is 2.73. The molecule has 0 bridgehead atoms. The van der Waals surface area contributed by atoms with Crippen LogP contribution in [0.5, 0.6) is 0 Å². The third-order valence-corrected chi connectivity index (χ3v) is 2.95. The zero-order chi connectivity index (χ0) is 9.97. The van der Waals surface area contributed by atoms with Crippen molar-refractivity contribution in [3.63, 3.8) is 0 Å². The van der Waals surface area contributed by atoms with Crippen molar-refractivity contribution in [1.29, 1.82) is 0 Å². The summed E-state index contributed by atoms with van der Waals surface area (Å²) in [6, 6.07) is 9.31. The zero-order valence-corrected chi connectivity index (χ0v) is 8.96. The molecule has 1 atom stereocenters. The fourth-order valence-corrected chi connectivity index (χ4v) is 2.23. The van der Waals surface area contributed by atoms with Crippen LogP contribution in [0.15, 0.2) is 24.3 Å². The molecule has 1 N–H and O–H groups in total. The number of rotatable bonds is 3. The monoisotopic (exact) mass is 190 g/mol. The van der Waals surface area contributed by atoms with Crippen molar-refractivity contribution in [2.24, 2.45) is 0 Å². The van der Waals surface area contributed by atoms with Gasteiger partial charge < -0.3 is 10.2 Å². The molecule has 76 valence electrons. The van der Waals surface area contributed by atoms with Gasteiger partial charge in [0.25, 0.3) is 0 Å². The van der Waals surface area contributed by atoms with Gasteiger partial charge in [0.05, 0.1) is 0 Å². The van der Waals surface area contributed by atoms with E-state index in [1.165, 1.54) is 24.2 Å². The maximum Gasteiger partial charge on any atom is 0.0402 e. The number of nitrogens with zero attached hydrogens (tertiary/aromatic N) is 1. The number of para-hydroxylation sites is 1. The zero-order valence-electron chi connectivity index (χ0n) is 8.96. The molecule has 0 radical (unpaired) electrons. The molecule has 0 aliphatic carbocycles. The Balaban J connectivity index is 2.17. The van der Waals surface area contributed by atoms with E-state index in [0.717, 1.165) is 6.54 Å². The number of hydrogen-bond donors (Lipinski definition) is 1. The lowest BCUT2D eigenvalue weighted by Crippen LogP contribution is -2.38. The van der Waals surface area contributed by atoms with E-state index >= 15 is 0 Å². The Hall–Kier alpha value is -1.02. The summed E-state index contributed by atoms with van der Waals surface area (Å²) < 4.78 is 0. The van der Waals surface area contributed by atoms with Crippen LogP contribution in [0.1, 0.15) is 12.5 Å². The van der Waals surface area contributed by atoms with Crippen LogP contribution >= 0.6 is 0 Å². The molecule has 0 amide bonds. The highest BCUT2D eigenvalue weighted by Crippen LogP contribution is 2.28. The number of fused-ring (bicyclic) bond motifs is 1. The summed E-state index contributed by atoms with van der Waals surface area (Å²) in [7, 11) is 2.01. The van der Waals surface area contributed by atoms with Crippen LogP contribution in [-0.2, 0) is 6.42 Å². The van der Waals surface area contributed by atoms with E-state index < -0.39 is 0 Å². The van der Waals surface area contributed by atoms with Gasteiger partial charge in [0.15, 0.2) is 0 Å². The molecule has 0 saturated heterocycles. The van der Waals surface area contributed by atoms with E-state index in [1.54, 1.807) is 0 Å². The van der Waals surface area contributed by atoms with Gasteiger partial charge >= 0.3 is 0 Å². The molecule has 2 rings (SSSR count). The molecule has 0 fully saturated rings. The number of hydrogen-bond acceptors (Lipinski definition) is 2. The standard InChI is InChI=1S/C12H18N2/c1-10(9-13-2)14-8-7-11-5-3-4-6-12(11)14/h3-6,10,13H,7-9H2,1-2H3. The lowest BCUT2D eigenvalue weighted by molar-refractivity contribution is 0.609. The fourth-order valence-electron chi connectivity index (χ4n) is 2.23. The first kappa shape index (κ1) is 9.53. The number of likely N-dealkylation sites (N-methyl/N-ethyl adjacent to an activating group) is 1. The Labute approximate surface area is 85.9 Å². The molecule has 0 spiro atoms. The van der Waals surface area contributed by atoms with Gasteiger partial charge in [-0.15, -0.1) is 0 Å². The van der Waals surface area contributed by atoms with Gasteiger partial charge in [-0.25, -0.2) is 0 Å². The highest BCUT2D eigenvalue weighted by Gasteiger charge is 2.21. The van der Waals surface area contributed by atoms with Gasteiger partial charge in [-0.3, -0.25) is 0 Å². The predicted molar refractivity (Wildman–Crippen MR) is 60.9 cm³/mol. The van der Waals surface area contributed by atoms with Crippen LogP contribution in [0.3, 0.4) is 0 Å². The van der Waals surface area contributed by atoms with Crippen molar-refractivity contribution in [2.75, 3.05) is 25.0 Å². The second kappa shape index (κ2) is 4.01. The van der Waals surface area contributed by atoms with Crippen molar-refractivity contribution in [1.82, 2.24) is 5.32 Å². The summed E-state index contributed by atoms with van der Waals surface area (Å²) in [4.78, 5) is 2.49. The summed E-state index contributed by atoms with van der Waals surface area (Å²) in [5.74, 6) is 0. The number of nitrogens with one attached hydrogen (secondary N) is 1. The Morgan fingerprint density at radius 1 is 1.43 bits per heavy atom. The lowest BCUT2D eigenvalue weighted by Gasteiger charge is -2.27. The van der Waals surface area contributed by atoms with Crippen LogP contribution in [-0.4, -0.2) is 26.2 Å². The summed E-state index contributed by atoms with van der Waals surface area (Å²) in [6.45, 7) is 4.50. The molecule has 0 saturated carbocycles. The molecule has 0 aromatic heterocycles. The Morgan fingerprint density at radius 3 is 3.00 bits per heavy atom. The van der Waals surface area contributed by atoms with Gasteiger partial charge in [0.2, 0.25) is 0 Å². The Bertz CT molecular complexity index is 309. The van der Waals surface area contributed by atoms with Gasteiger partial charge in [0, 0.05) is 24.8 Å². The van der Waals surface area contributed by atoms with Gasteiger partial charge in [-0.2, -0.15) is 0 Å². The minimum absolute atomic E-state index is 0.587. The molecule has 2 heteroatoms. The van der Waals surface area contributed by atoms with E-state index in [0.29, 0.717) is 6.04 Å². The van der Waals surface area contributed by atoms with Crippen LogP contribution < -0.4 is 10.2 Å². The third kappa shape index (κ3) is 1.62. The largest absolute Gasteiger partial charge is 0.367 e. The second-order valence-electron chi connectivity index (χ2n) is 3.98. The van der Waals surface area contributed by atoms with E-state index in [1.807, 2.05) is 7.05 Å². The molecule has 1 aromatic rings. The van der Waals surface area contributed by atoms with Crippen molar-refractivity contribution in [2.45, 2.75) is 19.4 Å². The maximum absolute atomic E-state index is 3.23. The smallest absolute Gasteiger partial charge is 0.0402 e. The van der Waals surface area contributed by atoms with Gasteiger partial charge in [0.1, 0.15) is 0 Å². The van der Waals surface area contributed by atoms with E-state index in [2.05, 4.69) is 41.4 Å². The Morgan fingerprint density at radius 2 is 2.21 bits per heavy atom. The SMILES string of the molecule is CNCC(C)N1CCc2ccccc21. The van der Waals surface area contributed by atoms with Crippen LogP contribution in [0.4, 0.5) is 5.69 Å². The third-order valence-electron chi connectivity index (χ3n) is 2.95. The average molecular weight is 190 g/mol. The van der Waals surface area contributed by atoms with Crippen molar-refractivity contribution >= 4 is 5.69 Å². The molecular weight excluding hydrogens is 172 g/mol. The first-order valence-corrected chi connectivity index (χ1v) is 5.32. The quantitative estimate of drug-likeness (QED) is 0.779. The molecule has 2 nitrogen and oxygen atoms in total. The molecular formula is C12H18N2. The number of anilines is 1. The highest BCUT2D eigenvalue weighted by molar-refractivity contribution is 5.58. The van der Waals surface area contributed by atoms with Crippen LogP contribution in [0, 0.1) is 0 Å².